The molecule has 6 heteroatoms. The van der Waals surface area contributed by atoms with Gasteiger partial charge in [0.2, 0.25) is 0 Å². The molecule has 2 aromatic rings. The largest absolute Gasteiger partial charge is 0.307 e. The zero-order valence-electron chi connectivity index (χ0n) is 11.0. The minimum Gasteiger partial charge on any atom is -0.307 e. The fourth-order valence-corrected chi connectivity index (χ4v) is 2.75. The van der Waals surface area contributed by atoms with E-state index in [1.807, 2.05) is 30.3 Å². The van der Waals surface area contributed by atoms with Crippen molar-refractivity contribution in [3.8, 4) is 0 Å². The van der Waals surface area contributed by atoms with E-state index in [2.05, 4.69) is 26.2 Å². The second-order valence-electron chi connectivity index (χ2n) is 4.47. The summed E-state index contributed by atoms with van der Waals surface area (Å²) in [5, 5.41) is 3.27. The van der Waals surface area contributed by atoms with Crippen LogP contribution in [0.4, 0.5) is 0 Å². The Bertz CT molecular complexity index is 685. The van der Waals surface area contributed by atoms with Crippen LogP contribution in [-0.2, 0) is 22.9 Å². The normalized spacial score (nSPS) is 11.5. The molecule has 0 fully saturated rings. The number of rotatable bonds is 5. The van der Waals surface area contributed by atoms with Gasteiger partial charge in [-0.1, -0.05) is 18.2 Å². The van der Waals surface area contributed by atoms with Gasteiger partial charge in [0.1, 0.15) is 4.60 Å². The van der Waals surface area contributed by atoms with Gasteiger partial charge < -0.3 is 5.32 Å². The van der Waals surface area contributed by atoms with Crippen LogP contribution in [0.5, 0.6) is 0 Å². The van der Waals surface area contributed by atoms with Gasteiger partial charge in [0.25, 0.3) is 0 Å². The number of pyridine rings is 1. The molecule has 0 aliphatic heterocycles. The molecule has 0 aliphatic rings. The van der Waals surface area contributed by atoms with E-state index >= 15 is 0 Å². The van der Waals surface area contributed by atoms with Crippen LogP contribution >= 0.6 is 15.9 Å². The summed E-state index contributed by atoms with van der Waals surface area (Å²) in [6, 6.07) is 12.7. The minimum atomic E-state index is -3.12. The molecule has 0 bridgehead atoms. The number of hydrogen-bond acceptors (Lipinski definition) is 4. The molecule has 106 valence electrons. The van der Waals surface area contributed by atoms with Gasteiger partial charge in [-0.05, 0) is 45.8 Å². The van der Waals surface area contributed by atoms with E-state index in [0.29, 0.717) is 18.0 Å². The summed E-state index contributed by atoms with van der Waals surface area (Å²) in [4.78, 5) is 4.67. The van der Waals surface area contributed by atoms with Gasteiger partial charge in [-0.2, -0.15) is 0 Å². The average Bonchev–Trinajstić information content (AvgIpc) is 2.38. The summed E-state index contributed by atoms with van der Waals surface area (Å²) in [6.07, 6.45) is 1.21. The lowest BCUT2D eigenvalue weighted by atomic mass is 10.2. The van der Waals surface area contributed by atoms with Crippen molar-refractivity contribution in [1.82, 2.24) is 10.3 Å². The molecule has 0 saturated carbocycles. The van der Waals surface area contributed by atoms with Gasteiger partial charge >= 0.3 is 0 Å². The van der Waals surface area contributed by atoms with E-state index in [-0.39, 0.29) is 0 Å². The van der Waals surface area contributed by atoms with Crippen molar-refractivity contribution in [2.45, 2.75) is 18.0 Å². The monoisotopic (exact) mass is 354 g/mol. The van der Waals surface area contributed by atoms with Crippen LogP contribution in [0.1, 0.15) is 11.3 Å². The Balaban J connectivity index is 1.92. The van der Waals surface area contributed by atoms with Gasteiger partial charge in [-0.15, -0.1) is 0 Å². The molecule has 0 spiro atoms. The minimum absolute atomic E-state index is 0.343. The highest BCUT2D eigenvalue weighted by Crippen LogP contribution is 2.10. The first-order valence-corrected chi connectivity index (χ1v) is 8.75. The molecular formula is C14H15BrN2O2S. The lowest BCUT2D eigenvalue weighted by Gasteiger charge is -2.06. The van der Waals surface area contributed by atoms with E-state index in [1.54, 1.807) is 12.1 Å². The third-order valence-corrected chi connectivity index (χ3v) is 4.33. The predicted octanol–water partition coefficient (Wildman–Crippen LogP) is 2.54. The Morgan fingerprint density at radius 2 is 1.80 bits per heavy atom. The summed E-state index contributed by atoms with van der Waals surface area (Å²) < 4.78 is 23.5. The van der Waals surface area contributed by atoms with Crippen molar-refractivity contribution < 1.29 is 8.42 Å². The van der Waals surface area contributed by atoms with Crippen LogP contribution in [0.25, 0.3) is 0 Å². The number of sulfone groups is 1. The molecule has 1 heterocycles. The van der Waals surface area contributed by atoms with Crippen molar-refractivity contribution in [2.24, 2.45) is 0 Å². The zero-order chi connectivity index (χ0) is 14.6. The lowest BCUT2D eigenvalue weighted by Crippen LogP contribution is -2.13. The summed E-state index contributed by atoms with van der Waals surface area (Å²) in [6.45, 7) is 1.32. The van der Waals surface area contributed by atoms with Crippen LogP contribution in [0.3, 0.4) is 0 Å². The molecule has 0 aliphatic carbocycles. The summed E-state index contributed by atoms with van der Waals surface area (Å²) >= 11 is 3.33. The van der Waals surface area contributed by atoms with Gasteiger partial charge in [-0.25, -0.2) is 13.4 Å². The maximum atomic E-state index is 11.3. The molecule has 0 atom stereocenters. The predicted molar refractivity (Wildman–Crippen MR) is 82.0 cm³/mol. The Hall–Kier alpha value is -1.24. The fraction of sp³-hybridized carbons (Fsp3) is 0.214. The molecule has 1 aromatic heterocycles. The van der Waals surface area contributed by atoms with Crippen molar-refractivity contribution in [3.63, 3.8) is 0 Å². The summed E-state index contributed by atoms with van der Waals surface area (Å²) in [5.74, 6) is 0. The van der Waals surface area contributed by atoms with Gasteiger partial charge in [-0.3, -0.25) is 0 Å². The van der Waals surface area contributed by atoms with E-state index < -0.39 is 9.84 Å². The Morgan fingerprint density at radius 1 is 1.10 bits per heavy atom. The number of nitrogens with zero attached hydrogens (tertiary/aromatic N) is 1. The molecule has 20 heavy (non-hydrogen) atoms. The number of benzene rings is 1. The van der Waals surface area contributed by atoms with Gasteiger partial charge in [0.15, 0.2) is 9.84 Å². The first kappa shape index (κ1) is 15.2. The zero-order valence-corrected chi connectivity index (χ0v) is 13.4. The molecule has 1 N–H and O–H groups in total. The second-order valence-corrected chi connectivity index (χ2v) is 7.30. The van der Waals surface area contributed by atoms with E-state index in [0.717, 1.165) is 15.9 Å². The standard InChI is InChI=1S/C14H15BrN2O2S/c1-20(18,19)13-7-5-11(6-8-13)9-16-10-12-3-2-4-14(15)17-12/h2-8,16H,9-10H2,1H3. The highest BCUT2D eigenvalue weighted by molar-refractivity contribution is 9.10. The Kier molecular flexibility index (Phi) is 4.91. The Labute approximate surface area is 127 Å². The third-order valence-electron chi connectivity index (χ3n) is 2.76. The maximum Gasteiger partial charge on any atom is 0.175 e. The molecular weight excluding hydrogens is 340 g/mol. The van der Waals surface area contributed by atoms with Crippen LogP contribution in [0.15, 0.2) is 52.0 Å². The quantitative estimate of drug-likeness (QED) is 0.838. The number of halogens is 1. The second kappa shape index (κ2) is 6.47. The highest BCUT2D eigenvalue weighted by Gasteiger charge is 2.05. The van der Waals surface area contributed by atoms with Crippen LogP contribution < -0.4 is 5.32 Å². The maximum absolute atomic E-state index is 11.3. The smallest absolute Gasteiger partial charge is 0.175 e. The van der Waals surface area contributed by atoms with Crippen molar-refractivity contribution in [1.29, 1.82) is 0 Å². The van der Waals surface area contributed by atoms with Crippen LogP contribution in [0, 0.1) is 0 Å². The van der Waals surface area contributed by atoms with E-state index in [4.69, 9.17) is 0 Å². The first-order chi connectivity index (χ1) is 9.45. The van der Waals surface area contributed by atoms with Gasteiger partial charge in [0.05, 0.1) is 10.6 Å². The van der Waals surface area contributed by atoms with E-state index in [9.17, 15) is 8.42 Å². The number of aromatic nitrogens is 1. The highest BCUT2D eigenvalue weighted by atomic mass is 79.9. The van der Waals surface area contributed by atoms with Crippen molar-refractivity contribution >= 4 is 25.8 Å². The van der Waals surface area contributed by atoms with Gasteiger partial charge in [0, 0.05) is 19.3 Å². The van der Waals surface area contributed by atoms with Crippen molar-refractivity contribution in [2.75, 3.05) is 6.26 Å². The van der Waals surface area contributed by atoms with Crippen LogP contribution in [-0.4, -0.2) is 19.7 Å². The SMILES string of the molecule is CS(=O)(=O)c1ccc(CNCc2cccc(Br)n2)cc1. The number of nitrogens with one attached hydrogen (secondary N) is 1. The molecule has 0 saturated heterocycles. The molecule has 4 nitrogen and oxygen atoms in total. The topological polar surface area (TPSA) is 59.1 Å². The fourth-order valence-electron chi connectivity index (χ4n) is 1.74. The molecule has 0 unspecified atom stereocenters. The molecule has 2 rings (SSSR count). The summed E-state index contributed by atoms with van der Waals surface area (Å²) in [7, 11) is -3.12. The number of hydrogen-bond donors (Lipinski definition) is 1. The Morgan fingerprint density at radius 3 is 2.40 bits per heavy atom. The first-order valence-electron chi connectivity index (χ1n) is 6.06. The molecule has 0 radical (unpaired) electrons. The van der Waals surface area contributed by atoms with Crippen LogP contribution in [0.2, 0.25) is 0 Å². The van der Waals surface area contributed by atoms with Crippen molar-refractivity contribution in [3.05, 3.63) is 58.3 Å². The van der Waals surface area contributed by atoms with E-state index in [1.165, 1.54) is 6.26 Å². The average molecular weight is 355 g/mol. The summed E-state index contributed by atoms with van der Waals surface area (Å²) in [5.41, 5.74) is 1.99. The molecule has 1 aromatic carbocycles. The molecule has 0 amide bonds. The lowest BCUT2D eigenvalue weighted by molar-refractivity contribution is 0.602. The third kappa shape index (κ3) is 4.40.